The summed E-state index contributed by atoms with van der Waals surface area (Å²) in [4.78, 5) is 4.69. The zero-order chi connectivity index (χ0) is 18.1. The Hall–Kier alpha value is -2.08. The van der Waals surface area contributed by atoms with E-state index in [9.17, 15) is 12.8 Å². The first kappa shape index (κ1) is 17.3. The Morgan fingerprint density at radius 3 is 2.65 bits per heavy atom. The molecule has 11 heteroatoms. The summed E-state index contributed by atoms with van der Waals surface area (Å²) < 4.78 is 46.1. The van der Waals surface area contributed by atoms with Crippen LogP contribution < -0.4 is 5.32 Å². The van der Waals surface area contributed by atoms with E-state index >= 15 is 0 Å². The van der Waals surface area contributed by atoms with Crippen molar-refractivity contribution in [1.82, 2.24) is 18.9 Å². The van der Waals surface area contributed by atoms with Gasteiger partial charge in [0, 0.05) is 19.6 Å². The van der Waals surface area contributed by atoms with E-state index in [-0.39, 0.29) is 10.8 Å². The second-order valence-corrected chi connectivity index (χ2v) is 8.55. The van der Waals surface area contributed by atoms with Crippen LogP contribution in [0.1, 0.15) is 5.56 Å². The fourth-order valence-electron chi connectivity index (χ4n) is 2.58. The number of fused-ring (bicyclic) bond motifs is 1. The average molecular weight is 397 g/mol. The number of imidazole rings is 1. The molecule has 0 bridgehead atoms. The molecular weight excluding hydrogens is 381 g/mol. The summed E-state index contributed by atoms with van der Waals surface area (Å²) in [6.45, 7) is 1.90. The standard InChI is InChI=1S/C15H16FN5O3S2/c16-12-3-1-11(2-4-12)9-17-14-19-21-10-13(18-15(21)25-14)26(22,23)20-5-7-24-8-6-20/h1-4,10H,5-9H2,(H,17,19). The number of morpholine rings is 1. The van der Waals surface area contributed by atoms with E-state index in [4.69, 9.17) is 4.74 Å². The fourth-order valence-corrected chi connectivity index (χ4v) is 4.74. The van der Waals surface area contributed by atoms with Crippen molar-refractivity contribution in [3.63, 3.8) is 0 Å². The highest BCUT2D eigenvalue weighted by Crippen LogP contribution is 2.23. The smallest absolute Gasteiger partial charge is 0.262 e. The highest BCUT2D eigenvalue weighted by Gasteiger charge is 2.29. The highest BCUT2D eigenvalue weighted by molar-refractivity contribution is 7.89. The molecule has 1 aliphatic rings. The molecule has 0 unspecified atom stereocenters. The van der Waals surface area contributed by atoms with Crippen molar-refractivity contribution in [3.8, 4) is 0 Å². The Bertz CT molecular complexity index is 978. The van der Waals surface area contributed by atoms with Crippen molar-refractivity contribution in [1.29, 1.82) is 0 Å². The molecule has 1 aliphatic heterocycles. The predicted octanol–water partition coefficient (Wildman–Crippen LogP) is 1.56. The molecule has 0 atom stereocenters. The van der Waals surface area contributed by atoms with Gasteiger partial charge in [0.15, 0.2) is 5.03 Å². The molecule has 0 saturated carbocycles. The van der Waals surface area contributed by atoms with Gasteiger partial charge in [-0.15, -0.1) is 5.10 Å². The Morgan fingerprint density at radius 2 is 1.96 bits per heavy atom. The van der Waals surface area contributed by atoms with E-state index < -0.39 is 10.0 Å². The van der Waals surface area contributed by atoms with Crippen molar-refractivity contribution in [2.45, 2.75) is 11.6 Å². The molecule has 1 fully saturated rings. The van der Waals surface area contributed by atoms with Crippen molar-refractivity contribution in [2.75, 3.05) is 31.6 Å². The van der Waals surface area contributed by atoms with E-state index in [1.165, 1.54) is 38.5 Å². The molecule has 3 aromatic rings. The summed E-state index contributed by atoms with van der Waals surface area (Å²) in [5, 5.41) is 8.02. The van der Waals surface area contributed by atoms with Crippen LogP contribution in [0.5, 0.6) is 0 Å². The minimum absolute atomic E-state index is 0.0109. The van der Waals surface area contributed by atoms with Crippen LogP contribution in [0.15, 0.2) is 35.5 Å². The van der Waals surface area contributed by atoms with Gasteiger partial charge in [0.05, 0.1) is 19.4 Å². The van der Waals surface area contributed by atoms with E-state index in [0.29, 0.717) is 42.9 Å². The van der Waals surface area contributed by atoms with E-state index in [0.717, 1.165) is 5.56 Å². The Balaban J connectivity index is 1.49. The number of hydrogen-bond acceptors (Lipinski definition) is 7. The zero-order valence-corrected chi connectivity index (χ0v) is 15.3. The van der Waals surface area contributed by atoms with Crippen molar-refractivity contribution >= 4 is 31.5 Å². The minimum atomic E-state index is -3.63. The number of rotatable bonds is 5. The molecule has 26 heavy (non-hydrogen) atoms. The first-order chi connectivity index (χ1) is 12.5. The highest BCUT2D eigenvalue weighted by atomic mass is 32.2. The van der Waals surface area contributed by atoms with Crippen LogP contribution in [0.4, 0.5) is 9.52 Å². The largest absolute Gasteiger partial charge is 0.379 e. The third-order valence-electron chi connectivity index (χ3n) is 3.95. The molecule has 4 rings (SSSR count). The van der Waals surface area contributed by atoms with Crippen LogP contribution in [0.2, 0.25) is 0 Å². The van der Waals surface area contributed by atoms with E-state index in [2.05, 4.69) is 15.4 Å². The van der Waals surface area contributed by atoms with Gasteiger partial charge in [-0.05, 0) is 17.7 Å². The number of ether oxygens (including phenoxy) is 1. The van der Waals surface area contributed by atoms with Crippen LogP contribution in [-0.4, -0.2) is 53.6 Å². The normalized spacial score (nSPS) is 16.2. The number of hydrogen-bond donors (Lipinski definition) is 1. The zero-order valence-electron chi connectivity index (χ0n) is 13.6. The molecule has 138 valence electrons. The monoisotopic (exact) mass is 397 g/mol. The first-order valence-electron chi connectivity index (χ1n) is 7.95. The lowest BCUT2D eigenvalue weighted by Crippen LogP contribution is -2.40. The lowest BCUT2D eigenvalue weighted by molar-refractivity contribution is 0.0729. The number of benzene rings is 1. The number of nitrogens with zero attached hydrogens (tertiary/aromatic N) is 4. The van der Waals surface area contributed by atoms with Crippen LogP contribution >= 0.6 is 11.3 Å². The Morgan fingerprint density at radius 1 is 1.23 bits per heavy atom. The Labute approximate surface area is 153 Å². The first-order valence-corrected chi connectivity index (χ1v) is 10.2. The molecular formula is C15H16FN5O3S2. The van der Waals surface area contributed by atoms with Crippen molar-refractivity contribution < 1.29 is 17.5 Å². The van der Waals surface area contributed by atoms with Gasteiger partial charge >= 0.3 is 0 Å². The summed E-state index contributed by atoms with van der Waals surface area (Å²) in [6, 6.07) is 6.17. The van der Waals surface area contributed by atoms with E-state index in [1.807, 2.05) is 0 Å². The van der Waals surface area contributed by atoms with Gasteiger partial charge in [-0.2, -0.15) is 4.31 Å². The summed E-state index contributed by atoms with van der Waals surface area (Å²) in [7, 11) is -3.63. The molecule has 0 spiro atoms. The van der Waals surface area contributed by atoms with Gasteiger partial charge in [0.25, 0.3) is 10.0 Å². The number of sulfonamides is 1. The lowest BCUT2D eigenvalue weighted by Gasteiger charge is -2.24. The van der Waals surface area contributed by atoms with Gasteiger partial charge in [-0.3, -0.25) is 0 Å². The van der Waals surface area contributed by atoms with Crippen molar-refractivity contribution in [2.24, 2.45) is 0 Å². The molecule has 1 saturated heterocycles. The summed E-state index contributed by atoms with van der Waals surface area (Å²) in [5.41, 5.74) is 0.912. The third kappa shape index (κ3) is 3.43. The van der Waals surface area contributed by atoms with Gasteiger partial charge in [0.1, 0.15) is 5.82 Å². The summed E-state index contributed by atoms with van der Waals surface area (Å²) >= 11 is 1.25. The summed E-state index contributed by atoms with van der Waals surface area (Å²) in [5.74, 6) is -0.282. The van der Waals surface area contributed by atoms with E-state index in [1.54, 1.807) is 12.1 Å². The van der Waals surface area contributed by atoms with Crippen molar-refractivity contribution in [3.05, 3.63) is 41.8 Å². The van der Waals surface area contributed by atoms with Crippen LogP contribution in [0, 0.1) is 5.82 Å². The number of anilines is 1. The molecule has 1 aromatic carbocycles. The number of aromatic nitrogens is 3. The number of halogens is 1. The fraction of sp³-hybridized carbons (Fsp3) is 0.333. The second-order valence-electron chi connectivity index (χ2n) is 5.71. The maximum absolute atomic E-state index is 12.9. The number of nitrogens with one attached hydrogen (secondary N) is 1. The second kappa shape index (κ2) is 6.91. The van der Waals surface area contributed by atoms with Gasteiger partial charge in [-0.25, -0.2) is 22.3 Å². The van der Waals surface area contributed by atoms with Gasteiger partial charge < -0.3 is 10.1 Å². The van der Waals surface area contributed by atoms with Crippen LogP contribution in [0.25, 0.3) is 4.96 Å². The van der Waals surface area contributed by atoms with Gasteiger partial charge in [0.2, 0.25) is 10.1 Å². The minimum Gasteiger partial charge on any atom is -0.379 e. The molecule has 0 aliphatic carbocycles. The topological polar surface area (TPSA) is 88.8 Å². The average Bonchev–Trinajstić information content (AvgIpc) is 3.21. The molecule has 1 N–H and O–H groups in total. The lowest BCUT2D eigenvalue weighted by atomic mass is 10.2. The quantitative estimate of drug-likeness (QED) is 0.703. The summed E-state index contributed by atoms with van der Waals surface area (Å²) in [6.07, 6.45) is 1.42. The van der Waals surface area contributed by atoms with Gasteiger partial charge in [-0.1, -0.05) is 23.5 Å². The SMILES string of the molecule is O=S(=O)(c1cn2nc(NCc3ccc(F)cc3)sc2n1)N1CCOCC1. The van der Waals surface area contributed by atoms with Crippen LogP contribution in [-0.2, 0) is 21.3 Å². The molecule has 3 heterocycles. The molecule has 8 nitrogen and oxygen atoms in total. The third-order valence-corrected chi connectivity index (χ3v) is 6.60. The Kier molecular flexibility index (Phi) is 4.61. The molecule has 0 amide bonds. The maximum atomic E-state index is 12.9. The molecule has 2 aromatic heterocycles. The maximum Gasteiger partial charge on any atom is 0.262 e. The predicted molar refractivity (Wildman–Crippen MR) is 94.2 cm³/mol. The van der Waals surface area contributed by atoms with Crippen LogP contribution in [0.3, 0.4) is 0 Å². The molecule has 0 radical (unpaired) electrons.